The third-order valence-electron chi connectivity index (χ3n) is 4.27. The number of hydrogen-bond donors (Lipinski definition) is 2. The van der Waals surface area contributed by atoms with E-state index in [0.29, 0.717) is 11.9 Å². The summed E-state index contributed by atoms with van der Waals surface area (Å²) in [6.45, 7) is 9.98. The Morgan fingerprint density at radius 1 is 1.14 bits per heavy atom. The Hall–Kier alpha value is -0.0300. The highest BCUT2D eigenvalue weighted by Gasteiger charge is 2.25. The number of carbonyl (C=O) groups is 1. The number of carbonyl (C=O) groups excluding carboxylic acids is 1. The molecule has 0 aromatic carbocycles. The second-order valence-corrected chi connectivity index (χ2v) is 6.50. The predicted octanol–water partition coefficient (Wildman–Crippen LogP) is 2.07. The van der Waals surface area contributed by atoms with E-state index in [0.717, 1.165) is 57.8 Å². The van der Waals surface area contributed by atoms with Crippen molar-refractivity contribution in [1.82, 2.24) is 15.5 Å². The number of amides is 1. The fourth-order valence-electron chi connectivity index (χ4n) is 3.18. The lowest BCUT2D eigenvalue weighted by Crippen LogP contribution is -2.48. The molecule has 0 radical (unpaired) electrons. The van der Waals surface area contributed by atoms with E-state index in [9.17, 15) is 4.79 Å². The number of nitrogens with zero attached hydrogens (tertiary/aromatic N) is 1. The molecule has 1 amide bonds. The zero-order valence-electron chi connectivity index (χ0n) is 13.3. The van der Waals surface area contributed by atoms with Crippen LogP contribution in [0.4, 0.5) is 0 Å². The lowest BCUT2D eigenvalue weighted by molar-refractivity contribution is -0.126. The van der Waals surface area contributed by atoms with E-state index in [4.69, 9.17) is 0 Å². The molecule has 2 rings (SSSR count). The first-order valence-corrected chi connectivity index (χ1v) is 7.88. The summed E-state index contributed by atoms with van der Waals surface area (Å²) in [5.74, 6) is 1.28. The minimum absolute atomic E-state index is 0. The van der Waals surface area contributed by atoms with E-state index in [1.54, 1.807) is 0 Å². The normalized spacial score (nSPS) is 21.5. The molecule has 0 aromatic heterocycles. The average Bonchev–Trinajstić information content (AvgIpc) is 2.41. The number of hydrogen-bond acceptors (Lipinski definition) is 3. The van der Waals surface area contributed by atoms with Gasteiger partial charge in [0.2, 0.25) is 5.91 Å². The van der Waals surface area contributed by atoms with Gasteiger partial charge >= 0.3 is 0 Å². The van der Waals surface area contributed by atoms with Crippen molar-refractivity contribution in [2.75, 3.05) is 32.7 Å². The summed E-state index contributed by atoms with van der Waals surface area (Å²) >= 11 is 0. The number of halogens is 2. The first kappa shape index (κ1) is 21.0. The molecule has 2 heterocycles. The van der Waals surface area contributed by atoms with Gasteiger partial charge in [0.05, 0.1) is 0 Å². The van der Waals surface area contributed by atoms with Crippen molar-refractivity contribution >= 4 is 30.7 Å². The van der Waals surface area contributed by atoms with Crippen LogP contribution in [0.25, 0.3) is 0 Å². The fraction of sp³-hybridized carbons (Fsp3) is 0.933. The Balaban J connectivity index is 0.00000200. The van der Waals surface area contributed by atoms with E-state index >= 15 is 0 Å². The summed E-state index contributed by atoms with van der Waals surface area (Å²) in [7, 11) is 0. The van der Waals surface area contributed by atoms with Crippen LogP contribution < -0.4 is 10.6 Å². The third-order valence-corrected chi connectivity index (χ3v) is 4.27. The van der Waals surface area contributed by atoms with Gasteiger partial charge in [0.1, 0.15) is 0 Å². The van der Waals surface area contributed by atoms with Crippen LogP contribution in [0.2, 0.25) is 0 Å². The standard InChI is InChI=1S/C15H29N3O.2ClH/c1-12(2)11-18-9-5-14(6-10-18)17-15(19)13-3-7-16-8-4-13;;/h12-14,16H,3-11H2,1-2H3,(H,17,19);2*1H. The Bertz CT molecular complexity index is 289. The zero-order chi connectivity index (χ0) is 13.7. The quantitative estimate of drug-likeness (QED) is 0.823. The Kier molecular flexibility index (Phi) is 10.6. The maximum absolute atomic E-state index is 12.2. The molecule has 0 bridgehead atoms. The van der Waals surface area contributed by atoms with Crippen molar-refractivity contribution < 1.29 is 4.79 Å². The summed E-state index contributed by atoms with van der Waals surface area (Å²) < 4.78 is 0. The molecule has 6 heteroatoms. The highest BCUT2D eigenvalue weighted by atomic mass is 35.5. The van der Waals surface area contributed by atoms with Gasteiger partial charge in [-0.2, -0.15) is 0 Å². The van der Waals surface area contributed by atoms with Crippen LogP contribution in [0.1, 0.15) is 39.5 Å². The van der Waals surface area contributed by atoms with E-state index in [1.165, 1.54) is 6.54 Å². The molecular weight excluding hydrogens is 309 g/mol. The summed E-state index contributed by atoms with van der Waals surface area (Å²) in [5.41, 5.74) is 0. The highest BCUT2D eigenvalue weighted by molar-refractivity contribution is 5.85. The van der Waals surface area contributed by atoms with E-state index in [2.05, 4.69) is 29.4 Å². The van der Waals surface area contributed by atoms with Gasteiger partial charge in [-0.3, -0.25) is 4.79 Å². The van der Waals surface area contributed by atoms with Gasteiger partial charge in [-0.25, -0.2) is 0 Å². The smallest absolute Gasteiger partial charge is 0.223 e. The number of piperidine rings is 2. The number of rotatable bonds is 4. The molecule has 0 aromatic rings. The van der Waals surface area contributed by atoms with E-state index in [1.807, 2.05) is 0 Å². The van der Waals surface area contributed by atoms with Crippen LogP contribution in [0.15, 0.2) is 0 Å². The molecule has 0 unspecified atom stereocenters. The lowest BCUT2D eigenvalue weighted by Gasteiger charge is -2.34. The molecular formula is C15H31Cl2N3O. The lowest BCUT2D eigenvalue weighted by atomic mass is 9.95. The second-order valence-electron chi connectivity index (χ2n) is 6.50. The molecule has 0 saturated carbocycles. The minimum Gasteiger partial charge on any atom is -0.353 e. The highest BCUT2D eigenvalue weighted by Crippen LogP contribution is 2.15. The summed E-state index contributed by atoms with van der Waals surface area (Å²) in [6.07, 6.45) is 4.23. The van der Waals surface area contributed by atoms with Gasteiger partial charge in [-0.05, 0) is 44.7 Å². The van der Waals surface area contributed by atoms with Crippen LogP contribution in [0, 0.1) is 11.8 Å². The SMILES string of the molecule is CC(C)CN1CCC(NC(=O)C2CCNCC2)CC1.Cl.Cl. The van der Waals surface area contributed by atoms with Crippen molar-refractivity contribution in [3.8, 4) is 0 Å². The molecule has 21 heavy (non-hydrogen) atoms. The van der Waals surface area contributed by atoms with Gasteiger partial charge in [0.25, 0.3) is 0 Å². The topological polar surface area (TPSA) is 44.4 Å². The Morgan fingerprint density at radius 3 is 2.24 bits per heavy atom. The summed E-state index contributed by atoms with van der Waals surface area (Å²) in [5, 5.41) is 6.58. The number of nitrogens with one attached hydrogen (secondary N) is 2. The maximum atomic E-state index is 12.2. The summed E-state index contributed by atoms with van der Waals surface area (Å²) in [4.78, 5) is 14.7. The van der Waals surface area contributed by atoms with Gasteiger partial charge in [0, 0.05) is 31.6 Å². The van der Waals surface area contributed by atoms with Crippen molar-refractivity contribution in [1.29, 1.82) is 0 Å². The van der Waals surface area contributed by atoms with Gasteiger partial charge in [0.15, 0.2) is 0 Å². The molecule has 2 aliphatic heterocycles. The van der Waals surface area contributed by atoms with Crippen LogP contribution in [-0.2, 0) is 4.79 Å². The van der Waals surface area contributed by atoms with Crippen LogP contribution in [-0.4, -0.2) is 49.6 Å². The number of likely N-dealkylation sites (tertiary alicyclic amines) is 1. The zero-order valence-corrected chi connectivity index (χ0v) is 14.9. The monoisotopic (exact) mass is 339 g/mol. The van der Waals surface area contributed by atoms with Crippen LogP contribution in [0.3, 0.4) is 0 Å². The molecule has 0 atom stereocenters. The first-order valence-electron chi connectivity index (χ1n) is 7.88. The van der Waals surface area contributed by atoms with E-state index < -0.39 is 0 Å². The third kappa shape index (κ3) is 7.18. The fourth-order valence-corrected chi connectivity index (χ4v) is 3.18. The van der Waals surface area contributed by atoms with Crippen molar-refractivity contribution in [3.05, 3.63) is 0 Å². The van der Waals surface area contributed by atoms with Crippen molar-refractivity contribution in [2.45, 2.75) is 45.6 Å². The van der Waals surface area contributed by atoms with Gasteiger partial charge in [-0.15, -0.1) is 24.8 Å². The molecule has 2 N–H and O–H groups in total. The maximum Gasteiger partial charge on any atom is 0.223 e. The van der Waals surface area contributed by atoms with Gasteiger partial charge in [-0.1, -0.05) is 13.8 Å². The largest absolute Gasteiger partial charge is 0.353 e. The van der Waals surface area contributed by atoms with Crippen LogP contribution in [0.5, 0.6) is 0 Å². The van der Waals surface area contributed by atoms with Gasteiger partial charge < -0.3 is 15.5 Å². The second kappa shape index (κ2) is 10.7. The molecule has 2 saturated heterocycles. The van der Waals surface area contributed by atoms with E-state index in [-0.39, 0.29) is 30.7 Å². The van der Waals surface area contributed by atoms with Crippen molar-refractivity contribution in [3.63, 3.8) is 0 Å². The Morgan fingerprint density at radius 2 is 1.71 bits per heavy atom. The molecule has 2 fully saturated rings. The predicted molar refractivity (Wildman–Crippen MR) is 92.5 cm³/mol. The minimum atomic E-state index is 0. The molecule has 0 aliphatic carbocycles. The summed E-state index contributed by atoms with van der Waals surface area (Å²) in [6, 6.07) is 0.408. The van der Waals surface area contributed by atoms with Crippen molar-refractivity contribution in [2.24, 2.45) is 11.8 Å². The molecule has 126 valence electrons. The van der Waals surface area contributed by atoms with Crippen LogP contribution >= 0.6 is 24.8 Å². The molecule has 2 aliphatic rings. The molecule has 4 nitrogen and oxygen atoms in total. The first-order chi connectivity index (χ1) is 9.15. The average molecular weight is 340 g/mol. The molecule has 0 spiro atoms. The Labute approximate surface area is 141 Å².